The smallest absolute Gasteiger partial charge is 0.494 e. The van der Waals surface area contributed by atoms with E-state index in [9.17, 15) is 4.79 Å². The van der Waals surface area contributed by atoms with E-state index in [0.29, 0.717) is 5.71 Å². The van der Waals surface area contributed by atoms with Crippen molar-refractivity contribution in [3.05, 3.63) is 72.6 Å². The number of aliphatic hydroxyl groups is 1. The van der Waals surface area contributed by atoms with E-state index in [-0.39, 0.29) is 31.6 Å². The molecule has 1 N–H and O–H groups in total. The van der Waals surface area contributed by atoms with Gasteiger partial charge in [0.25, 0.3) is 11.4 Å². The maximum Gasteiger partial charge on any atom is 0.494 e. The van der Waals surface area contributed by atoms with Gasteiger partial charge in [0.1, 0.15) is 5.69 Å². The fourth-order valence-electron chi connectivity index (χ4n) is 3.74. The number of para-hydroxylation sites is 2. The summed E-state index contributed by atoms with van der Waals surface area (Å²) in [5.41, 5.74) is 4.70. The standard InChI is InChI=1S/C22H18N3O.C5H8O2.Ir/c1-2-3-13-24-15-25(20-9-5-4-8-19(20)24)16-10-11-17-18-7-6-12-23-22(18)26-21(17)14-16;1-4(6)3-5(2)7;/h4-9,11-12,14H,2-3,13H2,1H3;3,6H,1-2H3;/q+1;;/b;4-3-;. The molecule has 1 aliphatic rings. The number of unbranched alkanes of at least 4 members (excludes halogenated alkanes) is 1. The fourth-order valence-corrected chi connectivity index (χ4v) is 3.74. The number of furan rings is 1. The Morgan fingerprint density at radius 1 is 1.18 bits per heavy atom. The van der Waals surface area contributed by atoms with Crippen molar-refractivity contribution < 1.29 is 39.0 Å². The summed E-state index contributed by atoms with van der Waals surface area (Å²) in [5, 5.41) is 10.4. The van der Waals surface area contributed by atoms with Crippen LogP contribution in [0.3, 0.4) is 0 Å². The van der Waals surface area contributed by atoms with Crippen LogP contribution in [0.2, 0.25) is 0 Å². The molecule has 7 heteroatoms. The molecule has 5 rings (SSSR count). The van der Waals surface area contributed by atoms with Crippen LogP contribution >= 0.6 is 0 Å². The first-order valence-corrected chi connectivity index (χ1v) is 11.0. The summed E-state index contributed by atoms with van der Waals surface area (Å²) in [7, 11) is 0. The molecule has 0 saturated heterocycles. The number of aliphatic hydroxyl groups excluding tert-OH is 1. The molecule has 4 aromatic rings. The quantitative estimate of drug-likeness (QED) is 0.122. The van der Waals surface area contributed by atoms with Crippen LogP contribution in [-0.4, -0.2) is 33.0 Å². The van der Waals surface area contributed by atoms with Crippen molar-refractivity contribution in [2.45, 2.75) is 33.6 Å². The van der Waals surface area contributed by atoms with Crippen LogP contribution in [0.15, 0.2) is 71.0 Å². The molecule has 6 nitrogen and oxygen atoms in total. The van der Waals surface area contributed by atoms with E-state index < -0.39 is 0 Å². The summed E-state index contributed by atoms with van der Waals surface area (Å²) in [6.45, 7) is 6.01. The minimum absolute atomic E-state index is 0. The Bertz CT molecular complexity index is 1440. The zero-order valence-electron chi connectivity index (χ0n) is 19.3. The number of hydrogen-bond donors (Lipinski definition) is 1. The fraction of sp³-hybridized carbons (Fsp3) is 0.222. The van der Waals surface area contributed by atoms with Crippen LogP contribution in [-0.2, 0) is 24.9 Å². The number of hydrogen-bond acceptors (Lipinski definition) is 4. The van der Waals surface area contributed by atoms with E-state index in [2.05, 4.69) is 57.4 Å². The molecule has 0 amide bonds. The van der Waals surface area contributed by atoms with E-state index in [1.54, 1.807) is 6.20 Å². The van der Waals surface area contributed by atoms with E-state index in [0.717, 1.165) is 47.1 Å². The van der Waals surface area contributed by atoms with Crippen molar-refractivity contribution in [3.63, 3.8) is 0 Å². The predicted octanol–water partition coefficient (Wildman–Crippen LogP) is 6.28. The second-order valence-corrected chi connectivity index (χ2v) is 7.88. The van der Waals surface area contributed by atoms with Gasteiger partial charge < -0.3 is 9.52 Å². The number of benzene rings is 2. The van der Waals surface area contributed by atoms with Gasteiger partial charge in [0.2, 0.25) is 5.71 Å². The molecule has 0 bridgehead atoms. The van der Waals surface area contributed by atoms with Gasteiger partial charge in [-0.05, 0) is 25.3 Å². The number of ketones is 1. The number of carbonyl (C=O) groups excluding carboxylic acids is 1. The van der Waals surface area contributed by atoms with E-state index in [1.165, 1.54) is 25.6 Å². The summed E-state index contributed by atoms with van der Waals surface area (Å²) in [4.78, 5) is 14.3. The average Bonchev–Trinajstić information content (AvgIpc) is 3.35. The minimum Gasteiger partial charge on any atom is -0.512 e. The van der Waals surface area contributed by atoms with Crippen LogP contribution in [0, 0.1) is 6.07 Å². The number of carbonyl (C=O) groups is 1. The normalized spacial score (nSPS) is 12.4. The maximum absolute atomic E-state index is 10.0. The molecule has 34 heavy (non-hydrogen) atoms. The summed E-state index contributed by atoms with van der Waals surface area (Å²) >= 11 is 0. The van der Waals surface area contributed by atoms with Crippen LogP contribution in [0.5, 0.6) is 0 Å². The number of fused-ring (bicyclic) bond motifs is 4. The van der Waals surface area contributed by atoms with Crippen molar-refractivity contribution in [1.82, 2.24) is 9.56 Å². The molecule has 0 unspecified atom stereocenters. The average molecular weight is 633 g/mol. The largest absolute Gasteiger partial charge is 0.512 e. The first-order chi connectivity index (χ1) is 16.0. The predicted molar refractivity (Wildman–Crippen MR) is 130 cm³/mol. The first-order valence-electron chi connectivity index (χ1n) is 11.0. The molecule has 0 saturated carbocycles. The molecular formula is C27H26IrN3O3+. The van der Waals surface area contributed by atoms with Gasteiger partial charge in [-0.1, -0.05) is 52.1 Å². The molecule has 0 fully saturated rings. The van der Waals surface area contributed by atoms with Crippen LogP contribution < -0.4 is 4.58 Å². The van der Waals surface area contributed by atoms with Crippen molar-refractivity contribution in [3.8, 4) is 0 Å². The third-order valence-corrected chi connectivity index (χ3v) is 5.19. The van der Waals surface area contributed by atoms with E-state index in [1.807, 2.05) is 24.3 Å². The zero-order valence-corrected chi connectivity index (χ0v) is 21.7. The van der Waals surface area contributed by atoms with Gasteiger partial charge >= 0.3 is 6.01 Å². The van der Waals surface area contributed by atoms with Gasteiger partial charge in [-0.2, -0.15) is 6.07 Å². The van der Waals surface area contributed by atoms with Gasteiger partial charge in [-0.3, -0.25) is 4.79 Å². The topological polar surface area (TPSA) is 69.3 Å². The Morgan fingerprint density at radius 3 is 2.62 bits per heavy atom. The second kappa shape index (κ2) is 11.2. The molecule has 2 aromatic carbocycles. The summed E-state index contributed by atoms with van der Waals surface area (Å²) in [6, 6.07) is 23.2. The van der Waals surface area contributed by atoms with Crippen molar-refractivity contribution in [2.75, 3.05) is 6.54 Å². The Labute approximate surface area is 211 Å². The molecular weight excluding hydrogens is 607 g/mol. The van der Waals surface area contributed by atoms with Gasteiger partial charge in [-0.25, -0.2) is 4.98 Å². The Hall–Kier alpha value is -3.37. The monoisotopic (exact) mass is 633 g/mol. The summed E-state index contributed by atoms with van der Waals surface area (Å²) in [6.07, 6.45) is 5.21. The summed E-state index contributed by atoms with van der Waals surface area (Å²) in [5.74, 6) is -0.0625. The molecule has 0 aliphatic carbocycles. The van der Waals surface area contributed by atoms with Gasteiger partial charge in [0.05, 0.1) is 5.76 Å². The SMILES string of the molecule is CC(=O)/C=C(/C)O.CCCC[N+]1=C=[N+](c2[c-]cc3c(c2)oc2ncccc23)c2ccccc21.[Ir]. The van der Waals surface area contributed by atoms with Crippen molar-refractivity contribution in [2.24, 2.45) is 0 Å². The van der Waals surface area contributed by atoms with Crippen LogP contribution in [0.1, 0.15) is 33.6 Å². The molecule has 2 aromatic heterocycles. The molecule has 3 heterocycles. The van der Waals surface area contributed by atoms with Gasteiger partial charge in [-0.15, -0.1) is 6.07 Å². The molecule has 1 radical (unpaired) electrons. The number of pyridine rings is 1. The van der Waals surface area contributed by atoms with Gasteiger partial charge in [0.15, 0.2) is 12.3 Å². The van der Waals surface area contributed by atoms with Crippen LogP contribution in [0.25, 0.3) is 22.1 Å². The number of allylic oxidation sites excluding steroid dienone is 2. The minimum atomic E-state index is -0.125. The molecule has 0 atom stereocenters. The van der Waals surface area contributed by atoms with Gasteiger partial charge in [0, 0.05) is 56.5 Å². The summed E-state index contributed by atoms with van der Waals surface area (Å²) < 4.78 is 10.2. The number of aromatic nitrogens is 1. The van der Waals surface area contributed by atoms with E-state index >= 15 is 0 Å². The second-order valence-electron chi connectivity index (χ2n) is 7.88. The van der Waals surface area contributed by atoms with Crippen LogP contribution in [0.4, 0.5) is 17.1 Å². The number of nitrogens with zero attached hydrogens (tertiary/aromatic N) is 3. The molecule has 1 aliphatic heterocycles. The maximum atomic E-state index is 10.0. The molecule has 175 valence electrons. The van der Waals surface area contributed by atoms with Crippen molar-refractivity contribution >= 4 is 50.9 Å². The number of rotatable bonds is 5. The Morgan fingerprint density at radius 2 is 1.94 bits per heavy atom. The van der Waals surface area contributed by atoms with Crippen molar-refractivity contribution in [1.29, 1.82) is 0 Å². The Kier molecular flexibility index (Phi) is 8.30. The van der Waals surface area contributed by atoms with E-state index in [4.69, 9.17) is 9.52 Å². The Balaban J connectivity index is 0.000000357. The zero-order chi connectivity index (χ0) is 23.4. The third-order valence-electron chi connectivity index (χ3n) is 5.19. The third kappa shape index (κ3) is 5.40. The first kappa shape index (κ1) is 25.3. The molecule has 0 spiro atoms.